The summed E-state index contributed by atoms with van der Waals surface area (Å²) in [6.45, 7) is 4.71. The maximum Gasteiger partial charge on any atom is 0.141 e. The number of rotatable bonds is 7. The molecule has 1 heterocycles. The van der Waals surface area contributed by atoms with Crippen LogP contribution in [0.25, 0.3) is 0 Å². The van der Waals surface area contributed by atoms with E-state index in [9.17, 15) is 14.4 Å². The van der Waals surface area contributed by atoms with Crippen molar-refractivity contribution in [1.82, 2.24) is 10.3 Å². The van der Waals surface area contributed by atoms with Crippen molar-refractivity contribution in [2.75, 3.05) is 12.8 Å². The van der Waals surface area contributed by atoms with E-state index in [1.807, 2.05) is 6.92 Å². The van der Waals surface area contributed by atoms with Gasteiger partial charge >= 0.3 is 0 Å². The van der Waals surface area contributed by atoms with Gasteiger partial charge in [0.2, 0.25) is 0 Å². The zero-order chi connectivity index (χ0) is 14.4. The molecule has 0 bridgehead atoms. The average molecular weight is 286 g/mol. The Hall–Kier alpha value is -0.980. The van der Waals surface area contributed by atoms with E-state index in [1.54, 1.807) is 19.4 Å². The summed E-state index contributed by atoms with van der Waals surface area (Å²) in [6.07, 6.45) is 4.09. The SMILES string of the molecule is Cc1ncc(CO)c(CNCCC(C)S(C)=O)c1O. The topological polar surface area (TPSA) is 82.5 Å². The first-order valence-corrected chi connectivity index (χ1v) is 7.89. The molecule has 0 aliphatic rings. The van der Waals surface area contributed by atoms with Crippen LogP contribution in [0.1, 0.15) is 30.2 Å². The van der Waals surface area contributed by atoms with E-state index in [1.165, 1.54) is 0 Å². The van der Waals surface area contributed by atoms with Crippen molar-refractivity contribution in [3.8, 4) is 5.75 Å². The van der Waals surface area contributed by atoms with Crippen LogP contribution in [0.3, 0.4) is 0 Å². The van der Waals surface area contributed by atoms with Crippen molar-refractivity contribution >= 4 is 10.8 Å². The summed E-state index contributed by atoms with van der Waals surface area (Å²) >= 11 is 0. The van der Waals surface area contributed by atoms with E-state index in [-0.39, 0.29) is 17.6 Å². The van der Waals surface area contributed by atoms with Crippen LogP contribution in [0.15, 0.2) is 6.20 Å². The third-order valence-corrected chi connectivity index (χ3v) is 4.57. The molecule has 1 aromatic rings. The van der Waals surface area contributed by atoms with E-state index < -0.39 is 10.8 Å². The van der Waals surface area contributed by atoms with Gasteiger partial charge < -0.3 is 15.5 Å². The molecule has 0 fully saturated rings. The molecular formula is C13H22N2O3S. The maximum absolute atomic E-state index is 11.2. The van der Waals surface area contributed by atoms with E-state index in [2.05, 4.69) is 10.3 Å². The van der Waals surface area contributed by atoms with Crippen LogP contribution in [-0.4, -0.2) is 37.5 Å². The van der Waals surface area contributed by atoms with Gasteiger partial charge in [-0.15, -0.1) is 0 Å². The Morgan fingerprint density at radius 3 is 2.79 bits per heavy atom. The maximum atomic E-state index is 11.2. The average Bonchev–Trinajstić information content (AvgIpc) is 2.38. The number of aromatic nitrogens is 1. The monoisotopic (exact) mass is 286 g/mol. The lowest BCUT2D eigenvalue weighted by molar-refractivity contribution is 0.278. The Kier molecular flexibility index (Phi) is 6.41. The number of aliphatic hydroxyl groups excluding tert-OH is 1. The Balaban J connectivity index is 2.58. The summed E-state index contributed by atoms with van der Waals surface area (Å²) < 4.78 is 11.2. The van der Waals surface area contributed by atoms with Gasteiger partial charge in [-0.05, 0) is 19.9 Å². The van der Waals surface area contributed by atoms with Crippen LogP contribution < -0.4 is 5.32 Å². The largest absolute Gasteiger partial charge is 0.506 e. The fourth-order valence-corrected chi connectivity index (χ4v) is 2.15. The number of hydrogen-bond donors (Lipinski definition) is 3. The molecule has 5 nitrogen and oxygen atoms in total. The summed E-state index contributed by atoms with van der Waals surface area (Å²) in [5, 5.41) is 22.5. The number of aromatic hydroxyl groups is 1. The van der Waals surface area contributed by atoms with E-state index in [0.29, 0.717) is 29.9 Å². The summed E-state index contributed by atoms with van der Waals surface area (Å²) in [5.41, 5.74) is 1.86. The van der Waals surface area contributed by atoms with Crippen LogP contribution in [0.2, 0.25) is 0 Å². The molecule has 1 aromatic heterocycles. The van der Waals surface area contributed by atoms with Gasteiger partial charge in [0, 0.05) is 46.2 Å². The van der Waals surface area contributed by atoms with Crippen molar-refractivity contribution in [2.45, 2.75) is 38.7 Å². The van der Waals surface area contributed by atoms with E-state index in [4.69, 9.17) is 0 Å². The van der Waals surface area contributed by atoms with Gasteiger partial charge in [-0.2, -0.15) is 0 Å². The van der Waals surface area contributed by atoms with Gasteiger partial charge in [0.15, 0.2) is 0 Å². The Morgan fingerprint density at radius 1 is 1.53 bits per heavy atom. The zero-order valence-electron chi connectivity index (χ0n) is 11.6. The van der Waals surface area contributed by atoms with Gasteiger partial charge in [-0.1, -0.05) is 6.92 Å². The van der Waals surface area contributed by atoms with Crippen LogP contribution in [0.5, 0.6) is 5.75 Å². The molecule has 0 saturated heterocycles. The van der Waals surface area contributed by atoms with Crippen LogP contribution in [0.4, 0.5) is 0 Å². The molecule has 0 spiro atoms. The molecule has 19 heavy (non-hydrogen) atoms. The lowest BCUT2D eigenvalue weighted by Crippen LogP contribution is -2.21. The molecule has 3 N–H and O–H groups in total. The third-order valence-electron chi connectivity index (χ3n) is 3.20. The van der Waals surface area contributed by atoms with Crippen LogP contribution in [0, 0.1) is 6.92 Å². The third kappa shape index (κ3) is 4.56. The molecule has 0 aliphatic carbocycles. The lowest BCUT2D eigenvalue weighted by atomic mass is 10.1. The van der Waals surface area contributed by atoms with Crippen molar-refractivity contribution < 1.29 is 14.4 Å². The van der Waals surface area contributed by atoms with Gasteiger partial charge in [-0.25, -0.2) is 0 Å². The molecule has 1 rings (SSSR count). The predicted molar refractivity (Wildman–Crippen MR) is 76.4 cm³/mol. The van der Waals surface area contributed by atoms with E-state index in [0.717, 1.165) is 6.42 Å². The Morgan fingerprint density at radius 2 is 2.21 bits per heavy atom. The van der Waals surface area contributed by atoms with Crippen molar-refractivity contribution in [2.24, 2.45) is 0 Å². The summed E-state index contributed by atoms with van der Waals surface area (Å²) in [6, 6.07) is 0. The molecule has 0 saturated carbocycles. The normalized spacial score (nSPS) is 14.3. The number of aryl methyl sites for hydroxylation is 1. The first kappa shape index (κ1) is 16.1. The second-order valence-electron chi connectivity index (χ2n) is 4.63. The number of hydrogen-bond acceptors (Lipinski definition) is 5. The predicted octanol–water partition coefficient (Wildman–Crippen LogP) is 0.835. The highest BCUT2D eigenvalue weighted by atomic mass is 32.2. The van der Waals surface area contributed by atoms with Gasteiger partial charge in [0.05, 0.1) is 12.3 Å². The molecule has 0 radical (unpaired) electrons. The van der Waals surface area contributed by atoms with Crippen molar-refractivity contribution in [3.63, 3.8) is 0 Å². The number of nitrogens with one attached hydrogen (secondary N) is 1. The van der Waals surface area contributed by atoms with Gasteiger partial charge in [0.25, 0.3) is 0 Å². The second kappa shape index (κ2) is 7.57. The molecule has 2 unspecified atom stereocenters. The zero-order valence-corrected chi connectivity index (χ0v) is 12.5. The van der Waals surface area contributed by atoms with Crippen LogP contribution >= 0.6 is 0 Å². The lowest BCUT2D eigenvalue weighted by Gasteiger charge is -2.13. The molecular weight excluding hydrogens is 264 g/mol. The minimum atomic E-state index is -0.812. The summed E-state index contributed by atoms with van der Waals surface area (Å²) in [4.78, 5) is 4.01. The first-order chi connectivity index (χ1) is 8.97. The van der Waals surface area contributed by atoms with E-state index >= 15 is 0 Å². The summed E-state index contributed by atoms with van der Waals surface area (Å²) in [7, 11) is -0.812. The standard InChI is InChI=1S/C13H22N2O3S/c1-9(19(3)18)4-5-14-7-12-11(8-16)6-15-10(2)13(12)17/h6,9,14,16-17H,4-5,7-8H2,1-3H3. The Bertz CT molecular complexity index is 452. The fourth-order valence-electron chi connectivity index (χ4n) is 1.70. The minimum absolute atomic E-state index is 0.131. The molecule has 6 heteroatoms. The molecule has 0 aromatic carbocycles. The highest BCUT2D eigenvalue weighted by Gasteiger charge is 2.11. The molecule has 108 valence electrons. The summed E-state index contributed by atoms with van der Waals surface area (Å²) in [5.74, 6) is 0.131. The highest BCUT2D eigenvalue weighted by molar-refractivity contribution is 7.84. The number of aliphatic hydroxyl groups is 1. The Labute approximate surface area is 116 Å². The number of nitrogens with zero attached hydrogens (tertiary/aromatic N) is 1. The quantitative estimate of drug-likeness (QED) is 0.647. The highest BCUT2D eigenvalue weighted by Crippen LogP contribution is 2.23. The van der Waals surface area contributed by atoms with Gasteiger partial charge in [-0.3, -0.25) is 9.19 Å². The minimum Gasteiger partial charge on any atom is -0.506 e. The van der Waals surface area contributed by atoms with Crippen molar-refractivity contribution in [3.05, 3.63) is 23.0 Å². The molecule has 0 amide bonds. The first-order valence-electron chi connectivity index (χ1n) is 6.27. The molecule has 0 aliphatic heterocycles. The second-order valence-corrected chi connectivity index (χ2v) is 6.43. The number of pyridine rings is 1. The smallest absolute Gasteiger partial charge is 0.141 e. The van der Waals surface area contributed by atoms with Gasteiger partial charge in [0.1, 0.15) is 5.75 Å². The van der Waals surface area contributed by atoms with Crippen molar-refractivity contribution in [1.29, 1.82) is 0 Å². The fraction of sp³-hybridized carbons (Fsp3) is 0.615. The molecule has 2 atom stereocenters. The van der Waals surface area contributed by atoms with Crippen LogP contribution in [-0.2, 0) is 24.0 Å².